The summed E-state index contributed by atoms with van der Waals surface area (Å²) in [4.78, 5) is 0. The first-order valence-corrected chi connectivity index (χ1v) is 6.49. The van der Waals surface area contributed by atoms with Crippen LogP contribution in [0, 0.1) is 12.0 Å². The molecule has 0 aromatic carbocycles. The highest BCUT2D eigenvalue weighted by Crippen LogP contribution is 2.16. The van der Waals surface area contributed by atoms with Crippen LogP contribution >= 0.6 is 0 Å². The topological polar surface area (TPSA) is 37.4 Å². The third-order valence-electron chi connectivity index (χ3n) is 2.16. The molecule has 0 heterocycles. The van der Waals surface area contributed by atoms with Gasteiger partial charge in [-0.15, -0.1) is 0 Å². The first-order valence-electron chi connectivity index (χ1n) is 4.65. The summed E-state index contributed by atoms with van der Waals surface area (Å²) in [5.41, 5.74) is 1.06. The van der Waals surface area contributed by atoms with Crippen molar-refractivity contribution in [2.24, 2.45) is 0 Å². The Bertz CT molecular complexity index is 384. The predicted molar refractivity (Wildman–Crippen MR) is 56.9 cm³/mol. The normalized spacial score (nSPS) is 16.6. The molecule has 3 nitrogen and oxygen atoms in total. The molecule has 1 aliphatic rings. The lowest BCUT2D eigenvalue weighted by Gasteiger charge is -2.08. The van der Waals surface area contributed by atoms with Crippen LogP contribution in [0.2, 0.25) is 0 Å². The Hall–Kier alpha value is -0.950. The summed E-state index contributed by atoms with van der Waals surface area (Å²) in [5.74, 6) is 2.89. The van der Waals surface area contributed by atoms with Gasteiger partial charge in [0.05, 0.1) is 6.26 Å². The maximum absolute atomic E-state index is 11.0. The zero-order chi connectivity index (χ0) is 10.6. The molecule has 0 bridgehead atoms. The summed E-state index contributed by atoms with van der Waals surface area (Å²) in [6.07, 6.45) is 7.65. The molecule has 0 N–H and O–H groups in total. The maximum Gasteiger partial charge on any atom is 0.238 e. The van der Waals surface area contributed by atoms with Gasteiger partial charge in [-0.25, -0.2) is 12.7 Å². The predicted octanol–water partition coefficient (Wildman–Crippen LogP) is 1.34. The van der Waals surface area contributed by atoms with Gasteiger partial charge in [0, 0.05) is 13.1 Å². The molecular weight excluding hydrogens is 198 g/mol. The third-order valence-corrected chi connectivity index (χ3v) is 3.25. The summed E-state index contributed by atoms with van der Waals surface area (Å²) in [7, 11) is -1.71. The second kappa shape index (κ2) is 4.52. The van der Waals surface area contributed by atoms with Gasteiger partial charge in [0.25, 0.3) is 0 Å². The second-order valence-electron chi connectivity index (χ2n) is 3.44. The van der Waals surface area contributed by atoms with Gasteiger partial charge in [0.2, 0.25) is 10.0 Å². The van der Waals surface area contributed by atoms with E-state index in [2.05, 4.69) is 18.0 Å². The van der Waals surface area contributed by atoms with E-state index >= 15 is 0 Å². The summed E-state index contributed by atoms with van der Waals surface area (Å²) < 4.78 is 23.1. The largest absolute Gasteiger partial charge is 0.238 e. The maximum atomic E-state index is 11.0. The average Bonchev–Trinajstić information content (AvgIpc) is 2.14. The smallest absolute Gasteiger partial charge is 0.232 e. The van der Waals surface area contributed by atoms with E-state index in [0.29, 0.717) is 0 Å². The molecular formula is C10H15NO2S. The lowest BCUT2D eigenvalue weighted by atomic mass is 10.0. The van der Waals surface area contributed by atoms with Gasteiger partial charge in [-0.1, -0.05) is 6.08 Å². The van der Waals surface area contributed by atoms with Gasteiger partial charge >= 0.3 is 0 Å². The van der Waals surface area contributed by atoms with Gasteiger partial charge in [-0.3, -0.25) is 0 Å². The fourth-order valence-corrected chi connectivity index (χ4v) is 1.40. The highest BCUT2D eigenvalue weighted by molar-refractivity contribution is 7.88. The van der Waals surface area contributed by atoms with Crippen molar-refractivity contribution < 1.29 is 8.42 Å². The first kappa shape index (κ1) is 11.1. The highest BCUT2D eigenvalue weighted by atomic mass is 32.2. The van der Waals surface area contributed by atoms with Crippen molar-refractivity contribution in [1.29, 1.82) is 0 Å². The molecule has 78 valence electrons. The molecule has 0 amide bonds. The summed E-state index contributed by atoms with van der Waals surface area (Å²) in [6, 6.07) is 2.62. The quantitative estimate of drug-likeness (QED) is 0.487. The van der Waals surface area contributed by atoms with Crippen LogP contribution in [0.25, 0.3) is 0 Å². The number of hydrogen-bond acceptors (Lipinski definition) is 2. The van der Waals surface area contributed by atoms with Crippen LogP contribution in [-0.4, -0.2) is 26.0 Å². The van der Waals surface area contributed by atoms with Crippen molar-refractivity contribution in [3.8, 4) is 12.0 Å². The van der Waals surface area contributed by atoms with E-state index in [1.807, 2.05) is 0 Å². The van der Waals surface area contributed by atoms with Crippen LogP contribution < -0.4 is 0 Å². The van der Waals surface area contributed by atoms with Crippen molar-refractivity contribution >= 4 is 10.0 Å². The molecule has 14 heavy (non-hydrogen) atoms. The van der Waals surface area contributed by atoms with Crippen LogP contribution in [0.5, 0.6) is 0 Å². The Balaban J connectivity index is 2.67. The molecule has 0 spiro atoms. The van der Waals surface area contributed by atoms with Gasteiger partial charge in [-0.2, -0.15) is 0 Å². The lowest BCUT2D eigenvalue weighted by molar-refractivity contribution is 0.554. The summed E-state index contributed by atoms with van der Waals surface area (Å²) in [6.45, 7) is 0. The Kier molecular flexibility index (Phi) is 3.59. The monoisotopic (exact) mass is 213 g/mol. The average molecular weight is 213 g/mol. The third kappa shape index (κ3) is 3.43. The van der Waals surface area contributed by atoms with Crippen molar-refractivity contribution in [1.82, 2.24) is 4.31 Å². The lowest BCUT2D eigenvalue weighted by Crippen LogP contribution is -2.19. The molecule has 0 fully saturated rings. The van der Waals surface area contributed by atoms with Crippen molar-refractivity contribution in [3.63, 3.8) is 0 Å². The second-order valence-corrected chi connectivity index (χ2v) is 5.46. The minimum atomic E-state index is -3.17. The van der Waals surface area contributed by atoms with E-state index in [1.165, 1.54) is 13.5 Å². The SMILES string of the molecule is CN(C#CC1=CCCCC1)S(C)(=O)=O. The molecule has 0 radical (unpaired) electrons. The van der Waals surface area contributed by atoms with Gasteiger partial charge < -0.3 is 0 Å². The van der Waals surface area contributed by atoms with Crippen molar-refractivity contribution in [2.75, 3.05) is 13.3 Å². The van der Waals surface area contributed by atoms with Crippen LogP contribution in [0.3, 0.4) is 0 Å². The van der Waals surface area contributed by atoms with E-state index in [1.54, 1.807) is 0 Å². The van der Waals surface area contributed by atoms with Crippen molar-refractivity contribution in [3.05, 3.63) is 11.6 Å². The number of hydrogen-bond donors (Lipinski definition) is 0. The zero-order valence-corrected chi connectivity index (χ0v) is 9.39. The summed E-state index contributed by atoms with van der Waals surface area (Å²) >= 11 is 0. The molecule has 0 saturated heterocycles. The van der Waals surface area contributed by atoms with E-state index in [9.17, 15) is 8.42 Å². The number of rotatable bonds is 1. The van der Waals surface area contributed by atoms with Crippen LogP contribution in [-0.2, 0) is 10.0 Å². The van der Waals surface area contributed by atoms with Crippen LogP contribution in [0.4, 0.5) is 0 Å². The van der Waals surface area contributed by atoms with E-state index in [0.717, 1.165) is 35.4 Å². The molecule has 1 rings (SSSR count). The number of sulfonamides is 1. The standard InChI is InChI=1S/C10H15NO2S/c1-11(14(2,12)13)9-8-10-6-4-3-5-7-10/h6H,3-5,7H2,1-2H3. The minimum Gasteiger partial charge on any atom is -0.232 e. The van der Waals surface area contributed by atoms with Crippen LogP contribution in [0.1, 0.15) is 25.7 Å². The summed E-state index contributed by atoms with van der Waals surface area (Å²) in [5, 5.41) is 0. The van der Waals surface area contributed by atoms with E-state index < -0.39 is 10.0 Å². The fraction of sp³-hybridized carbons (Fsp3) is 0.600. The van der Waals surface area contributed by atoms with E-state index in [-0.39, 0.29) is 0 Å². The Morgan fingerprint density at radius 2 is 2.14 bits per heavy atom. The molecule has 0 unspecified atom stereocenters. The molecule has 1 aliphatic carbocycles. The zero-order valence-electron chi connectivity index (χ0n) is 8.58. The first-order chi connectivity index (χ1) is 6.50. The Labute approximate surface area is 85.8 Å². The molecule has 4 heteroatoms. The highest BCUT2D eigenvalue weighted by Gasteiger charge is 2.05. The molecule has 0 aromatic heterocycles. The van der Waals surface area contributed by atoms with Crippen LogP contribution in [0.15, 0.2) is 11.6 Å². The number of nitrogens with zero attached hydrogens (tertiary/aromatic N) is 1. The molecule has 0 aromatic rings. The Morgan fingerprint density at radius 1 is 1.43 bits per heavy atom. The van der Waals surface area contributed by atoms with Gasteiger partial charge in [-0.05, 0) is 37.2 Å². The minimum absolute atomic E-state index is 0.977. The molecule has 0 saturated carbocycles. The van der Waals surface area contributed by atoms with E-state index in [4.69, 9.17) is 0 Å². The Morgan fingerprint density at radius 3 is 2.64 bits per heavy atom. The molecule has 0 aliphatic heterocycles. The van der Waals surface area contributed by atoms with Gasteiger partial charge in [0.1, 0.15) is 0 Å². The number of allylic oxidation sites excluding steroid dienone is 2. The molecule has 0 atom stereocenters. The van der Waals surface area contributed by atoms with Crippen molar-refractivity contribution in [2.45, 2.75) is 25.7 Å². The van der Waals surface area contributed by atoms with Gasteiger partial charge in [0.15, 0.2) is 0 Å². The fourth-order valence-electron chi connectivity index (χ4n) is 1.19.